The van der Waals surface area contributed by atoms with Crippen LogP contribution in [0.15, 0.2) is 30.6 Å². The van der Waals surface area contributed by atoms with Gasteiger partial charge in [-0.1, -0.05) is 18.2 Å². The maximum absolute atomic E-state index is 13.6. The summed E-state index contributed by atoms with van der Waals surface area (Å²) in [5.74, 6) is 0.448. The van der Waals surface area contributed by atoms with Gasteiger partial charge in [0.25, 0.3) is 0 Å². The molecule has 0 unspecified atom stereocenters. The largest absolute Gasteiger partial charge is 0.479 e. The lowest BCUT2D eigenvalue weighted by atomic mass is 10.1. The predicted octanol–water partition coefficient (Wildman–Crippen LogP) is 1.80. The van der Waals surface area contributed by atoms with E-state index in [2.05, 4.69) is 15.0 Å². The van der Waals surface area contributed by atoms with E-state index in [4.69, 9.17) is 10.5 Å². The minimum Gasteiger partial charge on any atom is -0.479 e. The molecule has 6 nitrogen and oxygen atoms in total. The number of halogens is 1. The number of hydrogen-bond acceptors (Lipinski definition) is 5. The Morgan fingerprint density at radius 2 is 2.10 bits per heavy atom. The molecule has 2 heterocycles. The van der Waals surface area contributed by atoms with Crippen LogP contribution in [0.25, 0.3) is 11.2 Å². The quantitative estimate of drug-likeness (QED) is 0.791. The monoisotopic (exact) mass is 287 g/mol. The van der Waals surface area contributed by atoms with Gasteiger partial charge in [0.2, 0.25) is 11.8 Å². The van der Waals surface area contributed by atoms with Crippen molar-refractivity contribution in [1.29, 1.82) is 0 Å². The van der Waals surface area contributed by atoms with Gasteiger partial charge in [-0.15, -0.1) is 0 Å². The standard InChI is InChI=1S/C14H14FN5O/c1-21-13-11-12(17-8-18-13)20(14(16)19-11)7-6-9-4-2-3-5-10(9)15/h2-5,8H,6-7H2,1H3,(H2,16,19). The maximum atomic E-state index is 13.6. The number of benzene rings is 1. The van der Waals surface area contributed by atoms with Gasteiger partial charge in [0, 0.05) is 6.54 Å². The highest BCUT2D eigenvalue weighted by Gasteiger charge is 2.14. The fraction of sp³-hybridized carbons (Fsp3) is 0.214. The van der Waals surface area contributed by atoms with Crippen LogP contribution in [0.5, 0.6) is 5.88 Å². The van der Waals surface area contributed by atoms with E-state index in [-0.39, 0.29) is 5.82 Å². The first kappa shape index (κ1) is 13.3. The average molecular weight is 287 g/mol. The van der Waals surface area contributed by atoms with Crippen molar-refractivity contribution >= 4 is 17.1 Å². The Balaban J connectivity index is 1.94. The molecule has 2 aromatic heterocycles. The summed E-state index contributed by atoms with van der Waals surface area (Å²) < 4.78 is 20.5. The van der Waals surface area contributed by atoms with Gasteiger partial charge in [0.15, 0.2) is 11.2 Å². The van der Waals surface area contributed by atoms with Crippen molar-refractivity contribution in [3.63, 3.8) is 0 Å². The predicted molar refractivity (Wildman–Crippen MR) is 76.4 cm³/mol. The zero-order valence-electron chi connectivity index (χ0n) is 11.5. The van der Waals surface area contributed by atoms with Crippen molar-refractivity contribution < 1.29 is 9.13 Å². The lowest BCUT2D eigenvalue weighted by molar-refractivity contribution is 0.401. The maximum Gasteiger partial charge on any atom is 0.245 e. The molecule has 0 amide bonds. The highest BCUT2D eigenvalue weighted by molar-refractivity contribution is 5.78. The number of anilines is 1. The third kappa shape index (κ3) is 2.37. The summed E-state index contributed by atoms with van der Waals surface area (Å²) in [5.41, 5.74) is 7.62. The lowest BCUT2D eigenvalue weighted by Crippen LogP contribution is -2.07. The van der Waals surface area contributed by atoms with Crippen LogP contribution in [0.4, 0.5) is 10.3 Å². The second kappa shape index (κ2) is 5.35. The molecule has 3 rings (SSSR count). The van der Waals surface area contributed by atoms with Crippen LogP contribution in [0.2, 0.25) is 0 Å². The number of nitrogens with two attached hydrogens (primary N) is 1. The normalized spacial score (nSPS) is 11.0. The first-order valence-electron chi connectivity index (χ1n) is 6.45. The van der Waals surface area contributed by atoms with Crippen LogP contribution in [0.1, 0.15) is 5.56 Å². The lowest BCUT2D eigenvalue weighted by Gasteiger charge is -2.07. The highest BCUT2D eigenvalue weighted by Crippen LogP contribution is 2.23. The van der Waals surface area contributed by atoms with E-state index >= 15 is 0 Å². The van der Waals surface area contributed by atoms with E-state index in [0.29, 0.717) is 41.5 Å². The number of aromatic nitrogens is 4. The number of rotatable bonds is 4. The SMILES string of the molecule is COc1ncnc2c1nc(N)n2CCc1ccccc1F. The molecule has 0 fully saturated rings. The molecule has 0 atom stereocenters. The number of aryl methyl sites for hydroxylation is 2. The minimum absolute atomic E-state index is 0.229. The number of nitrogen functional groups attached to an aromatic ring is 1. The molecule has 7 heteroatoms. The summed E-state index contributed by atoms with van der Waals surface area (Å²) in [6, 6.07) is 6.66. The van der Waals surface area contributed by atoms with Gasteiger partial charge >= 0.3 is 0 Å². The first-order chi connectivity index (χ1) is 10.2. The average Bonchev–Trinajstić information content (AvgIpc) is 2.82. The first-order valence-corrected chi connectivity index (χ1v) is 6.45. The van der Waals surface area contributed by atoms with Crippen molar-refractivity contribution in [3.05, 3.63) is 42.0 Å². The van der Waals surface area contributed by atoms with Crippen LogP contribution in [0.3, 0.4) is 0 Å². The molecule has 0 aliphatic heterocycles. The fourth-order valence-electron chi connectivity index (χ4n) is 2.24. The van der Waals surface area contributed by atoms with Gasteiger partial charge < -0.3 is 10.5 Å². The summed E-state index contributed by atoms with van der Waals surface area (Å²) >= 11 is 0. The molecule has 0 bridgehead atoms. The summed E-state index contributed by atoms with van der Waals surface area (Å²) in [6.07, 6.45) is 1.89. The Labute approximate surface area is 120 Å². The van der Waals surface area contributed by atoms with Crippen LogP contribution >= 0.6 is 0 Å². The van der Waals surface area contributed by atoms with Crippen LogP contribution in [0, 0.1) is 5.82 Å². The van der Waals surface area contributed by atoms with Crippen LogP contribution < -0.4 is 10.5 Å². The van der Waals surface area contributed by atoms with Gasteiger partial charge in [-0.3, -0.25) is 4.57 Å². The second-order valence-electron chi connectivity index (χ2n) is 4.52. The number of ether oxygens (including phenoxy) is 1. The summed E-state index contributed by atoms with van der Waals surface area (Å²) in [5, 5.41) is 0. The summed E-state index contributed by atoms with van der Waals surface area (Å²) in [6.45, 7) is 0.476. The Kier molecular flexibility index (Phi) is 3.39. The zero-order chi connectivity index (χ0) is 14.8. The van der Waals surface area contributed by atoms with Crippen molar-refractivity contribution in [1.82, 2.24) is 19.5 Å². The number of hydrogen-bond donors (Lipinski definition) is 1. The molecule has 21 heavy (non-hydrogen) atoms. The number of methoxy groups -OCH3 is 1. The van der Waals surface area contributed by atoms with Crippen molar-refractivity contribution in [2.75, 3.05) is 12.8 Å². The Hall–Kier alpha value is -2.70. The Morgan fingerprint density at radius 1 is 1.29 bits per heavy atom. The molecule has 3 aromatic rings. The van der Waals surface area contributed by atoms with Gasteiger partial charge in [-0.2, -0.15) is 4.98 Å². The third-order valence-electron chi connectivity index (χ3n) is 3.28. The van der Waals surface area contributed by atoms with Gasteiger partial charge in [-0.05, 0) is 18.1 Å². The molecule has 0 saturated carbocycles. The molecule has 0 saturated heterocycles. The van der Waals surface area contributed by atoms with Gasteiger partial charge in [-0.25, -0.2) is 14.4 Å². The Morgan fingerprint density at radius 3 is 2.86 bits per heavy atom. The van der Waals surface area contributed by atoms with E-state index in [1.807, 2.05) is 0 Å². The van der Waals surface area contributed by atoms with Gasteiger partial charge in [0.1, 0.15) is 12.1 Å². The molecular weight excluding hydrogens is 273 g/mol. The van der Waals surface area contributed by atoms with E-state index in [9.17, 15) is 4.39 Å². The van der Waals surface area contributed by atoms with Gasteiger partial charge in [0.05, 0.1) is 7.11 Å². The minimum atomic E-state index is -0.229. The number of fused-ring (bicyclic) bond motifs is 1. The van der Waals surface area contributed by atoms with Crippen molar-refractivity contribution in [2.45, 2.75) is 13.0 Å². The molecule has 2 N–H and O–H groups in total. The molecular formula is C14H14FN5O. The van der Waals surface area contributed by atoms with Crippen molar-refractivity contribution in [3.8, 4) is 5.88 Å². The van der Waals surface area contributed by atoms with Crippen molar-refractivity contribution in [2.24, 2.45) is 0 Å². The molecule has 0 aliphatic carbocycles. The molecule has 0 spiro atoms. The van der Waals surface area contributed by atoms with E-state index < -0.39 is 0 Å². The number of imidazole rings is 1. The smallest absolute Gasteiger partial charge is 0.245 e. The third-order valence-corrected chi connectivity index (χ3v) is 3.28. The van der Waals surface area contributed by atoms with E-state index in [1.165, 1.54) is 19.5 Å². The second-order valence-corrected chi connectivity index (χ2v) is 4.52. The molecule has 0 radical (unpaired) electrons. The fourth-order valence-corrected chi connectivity index (χ4v) is 2.24. The number of nitrogens with zero attached hydrogens (tertiary/aromatic N) is 4. The Bertz CT molecular complexity index is 786. The van der Waals surface area contributed by atoms with Crippen LogP contribution in [-0.4, -0.2) is 26.6 Å². The molecule has 1 aromatic carbocycles. The van der Waals surface area contributed by atoms with E-state index in [0.717, 1.165) is 0 Å². The summed E-state index contributed by atoms with van der Waals surface area (Å²) in [7, 11) is 1.51. The summed E-state index contributed by atoms with van der Waals surface area (Å²) in [4.78, 5) is 12.4. The van der Waals surface area contributed by atoms with E-state index in [1.54, 1.807) is 22.8 Å². The topological polar surface area (TPSA) is 78.8 Å². The highest BCUT2D eigenvalue weighted by atomic mass is 19.1. The molecule has 0 aliphatic rings. The van der Waals surface area contributed by atoms with Crippen LogP contribution in [-0.2, 0) is 13.0 Å². The molecule has 108 valence electrons. The zero-order valence-corrected chi connectivity index (χ0v) is 11.5.